The summed E-state index contributed by atoms with van der Waals surface area (Å²) in [6, 6.07) is 27.6. The molecule has 0 aliphatic heterocycles. The van der Waals surface area contributed by atoms with Crippen molar-refractivity contribution >= 4 is 54.6 Å². The van der Waals surface area contributed by atoms with E-state index in [0.717, 1.165) is 66.5 Å². The average molecular weight is 570 g/mol. The van der Waals surface area contributed by atoms with Gasteiger partial charge in [0.15, 0.2) is 0 Å². The van der Waals surface area contributed by atoms with Crippen molar-refractivity contribution in [3.05, 3.63) is 127 Å². The molecule has 6 heteroatoms. The van der Waals surface area contributed by atoms with Crippen molar-refractivity contribution in [3.8, 4) is 22.8 Å². The second-order valence-corrected chi connectivity index (χ2v) is 11.6. The Balaban J connectivity index is 1.24. The number of fused-ring (bicyclic) bond motifs is 12. The van der Waals surface area contributed by atoms with Gasteiger partial charge in [-0.2, -0.15) is 0 Å². The van der Waals surface area contributed by atoms with Crippen molar-refractivity contribution in [1.29, 1.82) is 0 Å². The standard InChI is InChI=1S/C38H27N5O/c1-22-16-23(2)36(24(3)17-22)35-21-41-38-31-19-26(8-10-27(31)29-6-4-5-7-34(29)43(35)38)44-25-9-11-28-30(18-25)37-40-14-15-42(37)33-12-13-39-20-32(28)33/h4-21H,1-3H3. The number of nitrogens with zero attached hydrogens (tertiary/aromatic N) is 5. The van der Waals surface area contributed by atoms with Gasteiger partial charge in [-0.05, 0) is 91.2 Å². The van der Waals surface area contributed by atoms with Gasteiger partial charge in [-0.1, -0.05) is 35.9 Å². The van der Waals surface area contributed by atoms with Crippen molar-refractivity contribution < 1.29 is 4.74 Å². The molecule has 0 N–H and O–H groups in total. The molecule has 0 aliphatic carbocycles. The topological polar surface area (TPSA) is 56.7 Å². The summed E-state index contributed by atoms with van der Waals surface area (Å²) >= 11 is 0. The van der Waals surface area contributed by atoms with Crippen LogP contribution in [-0.4, -0.2) is 23.8 Å². The zero-order valence-electron chi connectivity index (χ0n) is 24.5. The molecule has 5 heterocycles. The van der Waals surface area contributed by atoms with Crippen LogP contribution in [0.3, 0.4) is 0 Å². The summed E-state index contributed by atoms with van der Waals surface area (Å²) in [5.41, 5.74) is 10.1. The summed E-state index contributed by atoms with van der Waals surface area (Å²) in [7, 11) is 0. The van der Waals surface area contributed by atoms with E-state index in [4.69, 9.17) is 9.72 Å². The number of ether oxygens (including phenoxy) is 1. The van der Waals surface area contributed by atoms with E-state index >= 15 is 0 Å². The van der Waals surface area contributed by atoms with Crippen LogP contribution in [0, 0.1) is 20.8 Å². The first-order valence-corrected chi connectivity index (χ1v) is 14.8. The van der Waals surface area contributed by atoms with Crippen molar-refractivity contribution in [2.75, 3.05) is 0 Å². The van der Waals surface area contributed by atoms with E-state index in [-0.39, 0.29) is 0 Å². The largest absolute Gasteiger partial charge is 0.457 e. The van der Waals surface area contributed by atoms with Gasteiger partial charge in [0.25, 0.3) is 0 Å². The highest BCUT2D eigenvalue weighted by Gasteiger charge is 2.18. The van der Waals surface area contributed by atoms with Crippen LogP contribution in [0.25, 0.3) is 65.9 Å². The van der Waals surface area contributed by atoms with Gasteiger partial charge in [-0.15, -0.1) is 0 Å². The third-order valence-corrected chi connectivity index (χ3v) is 8.82. The molecule has 0 amide bonds. The van der Waals surface area contributed by atoms with Crippen LogP contribution in [0.15, 0.2) is 110 Å². The molecular weight excluding hydrogens is 542 g/mol. The molecule has 6 nitrogen and oxygen atoms in total. The van der Waals surface area contributed by atoms with Crippen molar-refractivity contribution in [2.45, 2.75) is 20.8 Å². The first kappa shape index (κ1) is 24.8. The Bertz CT molecular complexity index is 2600. The third kappa shape index (κ3) is 3.51. The van der Waals surface area contributed by atoms with Gasteiger partial charge < -0.3 is 4.74 Å². The lowest BCUT2D eigenvalue weighted by molar-refractivity contribution is 0.484. The van der Waals surface area contributed by atoms with Gasteiger partial charge >= 0.3 is 0 Å². The molecule has 210 valence electrons. The minimum Gasteiger partial charge on any atom is -0.457 e. The van der Waals surface area contributed by atoms with E-state index in [1.165, 1.54) is 27.6 Å². The zero-order valence-corrected chi connectivity index (χ0v) is 24.5. The molecule has 0 fully saturated rings. The Labute approximate surface area is 252 Å². The Morgan fingerprint density at radius 2 is 1.32 bits per heavy atom. The quantitative estimate of drug-likeness (QED) is 0.199. The summed E-state index contributed by atoms with van der Waals surface area (Å²) in [4.78, 5) is 14.1. The molecule has 0 atom stereocenters. The fraction of sp³-hybridized carbons (Fsp3) is 0.0789. The zero-order chi connectivity index (χ0) is 29.5. The van der Waals surface area contributed by atoms with Crippen LogP contribution in [0.2, 0.25) is 0 Å². The molecule has 0 saturated heterocycles. The Kier molecular flexibility index (Phi) is 5.14. The molecule has 0 bridgehead atoms. The third-order valence-electron chi connectivity index (χ3n) is 8.82. The minimum atomic E-state index is 0.747. The van der Waals surface area contributed by atoms with E-state index in [1.54, 1.807) is 0 Å². The number of imidazole rings is 2. The number of rotatable bonds is 3. The molecule has 0 aliphatic rings. The molecular formula is C38H27N5O. The lowest BCUT2D eigenvalue weighted by Crippen LogP contribution is -1.97. The van der Waals surface area contributed by atoms with Crippen LogP contribution in [0.1, 0.15) is 16.7 Å². The fourth-order valence-corrected chi connectivity index (χ4v) is 7.09. The first-order chi connectivity index (χ1) is 21.5. The van der Waals surface area contributed by atoms with Crippen molar-refractivity contribution in [1.82, 2.24) is 23.8 Å². The van der Waals surface area contributed by atoms with Gasteiger partial charge in [0, 0.05) is 51.9 Å². The lowest BCUT2D eigenvalue weighted by atomic mass is 9.97. The van der Waals surface area contributed by atoms with E-state index in [1.807, 2.05) is 49.2 Å². The predicted molar refractivity (Wildman–Crippen MR) is 178 cm³/mol. The highest BCUT2D eigenvalue weighted by atomic mass is 16.5. The molecule has 0 saturated carbocycles. The SMILES string of the molecule is Cc1cc(C)c(-c2cnc3c4cc(Oc5ccc6c7cnccc7n7ccnc7c6c5)ccc4c4ccccc4n23)c(C)c1. The first-order valence-electron chi connectivity index (χ1n) is 14.8. The number of benzene rings is 4. The highest BCUT2D eigenvalue weighted by Crippen LogP contribution is 2.38. The maximum Gasteiger partial charge on any atom is 0.145 e. The smallest absolute Gasteiger partial charge is 0.145 e. The van der Waals surface area contributed by atoms with Crippen LogP contribution >= 0.6 is 0 Å². The summed E-state index contributed by atoms with van der Waals surface area (Å²) in [6.07, 6.45) is 9.56. The molecule has 4 aromatic carbocycles. The summed E-state index contributed by atoms with van der Waals surface area (Å²) in [6.45, 7) is 6.52. The highest BCUT2D eigenvalue weighted by molar-refractivity contribution is 6.13. The molecule has 44 heavy (non-hydrogen) atoms. The summed E-state index contributed by atoms with van der Waals surface area (Å²) < 4.78 is 11.0. The molecule has 0 unspecified atom stereocenters. The molecule has 5 aromatic heterocycles. The Morgan fingerprint density at radius 1 is 0.591 bits per heavy atom. The van der Waals surface area contributed by atoms with Gasteiger partial charge in [0.2, 0.25) is 0 Å². The Hall–Kier alpha value is -5.75. The van der Waals surface area contributed by atoms with Crippen LogP contribution in [0.4, 0.5) is 0 Å². The molecule has 0 spiro atoms. The van der Waals surface area contributed by atoms with E-state index in [2.05, 4.69) is 100 Å². The van der Waals surface area contributed by atoms with E-state index < -0.39 is 0 Å². The number of hydrogen-bond acceptors (Lipinski definition) is 4. The van der Waals surface area contributed by atoms with Gasteiger partial charge in [-0.25, -0.2) is 9.97 Å². The van der Waals surface area contributed by atoms with Crippen LogP contribution < -0.4 is 4.74 Å². The number of para-hydroxylation sites is 1. The normalized spacial score (nSPS) is 12.0. The molecule has 0 radical (unpaired) electrons. The minimum absolute atomic E-state index is 0.747. The van der Waals surface area contributed by atoms with Gasteiger partial charge in [0.05, 0.1) is 22.9 Å². The van der Waals surface area contributed by atoms with E-state index in [9.17, 15) is 0 Å². The second-order valence-electron chi connectivity index (χ2n) is 11.6. The number of hydrogen-bond donors (Lipinski definition) is 0. The van der Waals surface area contributed by atoms with Crippen molar-refractivity contribution in [2.24, 2.45) is 0 Å². The second kappa shape index (κ2) is 9.12. The van der Waals surface area contributed by atoms with Crippen molar-refractivity contribution in [3.63, 3.8) is 0 Å². The molecule has 9 aromatic rings. The average Bonchev–Trinajstić information content (AvgIpc) is 3.70. The predicted octanol–water partition coefficient (Wildman–Crippen LogP) is 9.37. The number of aryl methyl sites for hydroxylation is 3. The maximum atomic E-state index is 6.55. The lowest BCUT2D eigenvalue weighted by Gasteiger charge is -2.15. The Morgan fingerprint density at radius 3 is 2.11 bits per heavy atom. The molecule has 9 rings (SSSR count). The number of pyridine rings is 3. The monoisotopic (exact) mass is 569 g/mol. The van der Waals surface area contributed by atoms with Crippen LogP contribution in [0.5, 0.6) is 11.5 Å². The summed E-state index contributed by atoms with van der Waals surface area (Å²) in [5, 5.41) is 6.56. The number of aromatic nitrogens is 5. The van der Waals surface area contributed by atoms with Gasteiger partial charge in [0.1, 0.15) is 22.8 Å². The summed E-state index contributed by atoms with van der Waals surface area (Å²) in [5.74, 6) is 1.50. The van der Waals surface area contributed by atoms with Crippen LogP contribution in [-0.2, 0) is 0 Å². The van der Waals surface area contributed by atoms with E-state index in [0.29, 0.717) is 0 Å². The maximum absolute atomic E-state index is 6.55. The fourth-order valence-electron chi connectivity index (χ4n) is 7.09. The van der Waals surface area contributed by atoms with Gasteiger partial charge in [-0.3, -0.25) is 13.8 Å².